The number of carbonyl (C=O) groups is 1. The van der Waals surface area contributed by atoms with Crippen molar-refractivity contribution >= 4 is 5.91 Å². The number of hydroxylamine groups is 1. The summed E-state index contributed by atoms with van der Waals surface area (Å²) in [7, 11) is 0. The maximum absolute atomic E-state index is 10.8. The number of amides is 1. The first kappa shape index (κ1) is 16.1. The molecule has 0 bridgehead atoms. The van der Waals surface area contributed by atoms with Gasteiger partial charge in [-0.1, -0.05) is 18.6 Å². The van der Waals surface area contributed by atoms with Gasteiger partial charge in [-0.15, -0.1) is 0 Å². The Morgan fingerprint density at radius 3 is 2.65 bits per heavy atom. The molecule has 0 heterocycles. The first-order valence-corrected chi connectivity index (χ1v) is 6.14. The van der Waals surface area contributed by atoms with Gasteiger partial charge in [0, 0.05) is 0 Å². The van der Waals surface area contributed by atoms with E-state index in [-0.39, 0.29) is 12.2 Å². The number of allylic oxidation sites excluding steroid dienone is 2. The fourth-order valence-corrected chi connectivity index (χ4v) is 1.61. The Kier molecular flexibility index (Phi) is 7.83. The Morgan fingerprint density at radius 1 is 1.47 bits per heavy atom. The average Bonchev–Trinajstić information content (AvgIpc) is 2.26. The van der Waals surface area contributed by atoms with Crippen LogP contribution in [0.4, 0.5) is 0 Å². The maximum atomic E-state index is 10.8. The zero-order chi connectivity index (χ0) is 13.3. The predicted octanol–water partition coefficient (Wildman–Crippen LogP) is 2.81. The summed E-state index contributed by atoms with van der Waals surface area (Å²) in [5, 5.41) is 8.35. The van der Waals surface area contributed by atoms with Gasteiger partial charge < -0.3 is 4.74 Å². The zero-order valence-electron chi connectivity index (χ0n) is 11.4. The number of carbonyl (C=O) groups excluding carboxylic acids is 1. The van der Waals surface area contributed by atoms with Crippen LogP contribution in [-0.4, -0.2) is 23.3 Å². The first-order valence-electron chi connectivity index (χ1n) is 6.14. The summed E-state index contributed by atoms with van der Waals surface area (Å²) in [5.74, 6) is -0.514. The van der Waals surface area contributed by atoms with Gasteiger partial charge in [0.1, 0.15) is 6.61 Å². The highest BCUT2D eigenvalue weighted by Gasteiger charge is 2.19. The third-order valence-corrected chi connectivity index (χ3v) is 2.62. The molecule has 0 rings (SSSR count). The highest BCUT2D eigenvalue weighted by Crippen LogP contribution is 2.19. The number of hydrogen-bond donors (Lipinski definition) is 2. The lowest BCUT2D eigenvalue weighted by molar-refractivity contribution is -0.140. The maximum Gasteiger partial charge on any atom is 0.269 e. The van der Waals surface area contributed by atoms with Crippen LogP contribution in [0.2, 0.25) is 0 Å². The van der Waals surface area contributed by atoms with E-state index in [4.69, 9.17) is 9.94 Å². The molecule has 0 aliphatic heterocycles. The molecule has 0 aromatic carbocycles. The number of nitrogens with one attached hydrogen (secondary N) is 1. The molecule has 0 fully saturated rings. The van der Waals surface area contributed by atoms with Gasteiger partial charge in [0.15, 0.2) is 0 Å². The van der Waals surface area contributed by atoms with Crippen molar-refractivity contribution in [1.82, 2.24) is 5.48 Å². The minimum atomic E-state index is -0.514. The second-order valence-electron chi connectivity index (χ2n) is 4.90. The van der Waals surface area contributed by atoms with Crippen LogP contribution in [0, 0.1) is 0 Å². The van der Waals surface area contributed by atoms with Crippen molar-refractivity contribution in [2.75, 3.05) is 6.61 Å². The molecule has 1 amide bonds. The van der Waals surface area contributed by atoms with Crippen molar-refractivity contribution in [3.63, 3.8) is 0 Å². The topological polar surface area (TPSA) is 58.6 Å². The van der Waals surface area contributed by atoms with Gasteiger partial charge in [0.25, 0.3) is 5.91 Å². The molecule has 0 unspecified atom stereocenters. The molecule has 4 heteroatoms. The highest BCUT2D eigenvalue weighted by molar-refractivity contribution is 5.75. The molecular formula is C13H25NO3. The third kappa shape index (κ3) is 8.89. The van der Waals surface area contributed by atoms with Crippen molar-refractivity contribution in [1.29, 1.82) is 0 Å². The van der Waals surface area contributed by atoms with E-state index >= 15 is 0 Å². The number of rotatable bonds is 8. The lowest BCUT2D eigenvalue weighted by Gasteiger charge is -2.24. The molecule has 0 aromatic rings. The number of ether oxygens (including phenoxy) is 1. The van der Waals surface area contributed by atoms with Crippen LogP contribution in [-0.2, 0) is 9.53 Å². The highest BCUT2D eigenvalue weighted by atomic mass is 16.5. The summed E-state index contributed by atoms with van der Waals surface area (Å²) in [6.45, 7) is 8.07. The van der Waals surface area contributed by atoms with Gasteiger partial charge in [0.05, 0.1) is 5.60 Å². The number of hydrogen-bond acceptors (Lipinski definition) is 3. The van der Waals surface area contributed by atoms with Gasteiger partial charge in [0.2, 0.25) is 0 Å². The van der Waals surface area contributed by atoms with Gasteiger partial charge >= 0.3 is 0 Å². The summed E-state index contributed by atoms with van der Waals surface area (Å²) >= 11 is 0. The quantitative estimate of drug-likeness (QED) is 0.391. The normalized spacial score (nSPS) is 12.6. The van der Waals surface area contributed by atoms with E-state index in [1.807, 2.05) is 13.8 Å². The van der Waals surface area contributed by atoms with Crippen LogP contribution < -0.4 is 5.48 Å². The zero-order valence-corrected chi connectivity index (χ0v) is 11.4. The molecule has 0 atom stereocenters. The van der Waals surface area contributed by atoms with Crippen LogP contribution in [0.15, 0.2) is 11.6 Å². The fraction of sp³-hybridized carbons (Fsp3) is 0.769. The van der Waals surface area contributed by atoms with Crippen molar-refractivity contribution in [2.24, 2.45) is 0 Å². The van der Waals surface area contributed by atoms with Gasteiger partial charge in [-0.25, -0.2) is 5.48 Å². The molecule has 0 aliphatic rings. The molecule has 0 spiro atoms. The molecule has 100 valence electrons. The Labute approximate surface area is 104 Å². The van der Waals surface area contributed by atoms with Gasteiger partial charge in [-0.2, -0.15) is 0 Å². The van der Waals surface area contributed by atoms with Crippen molar-refractivity contribution < 1.29 is 14.7 Å². The molecule has 4 nitrogen and oxygen atoms in total. The third-order valence-electron chi connectivity index (χ3n) is 2.62. The Morgan fingerprint density at radius 2 is 2.12 bits per heavy atom. The van der Waals surface area contributed by atoms with E-state index in [1.165, 1.54) is 5.57 Å². The monoisotopic (exact) mass is 243 g/mol. The molecule has 2 N–H and O–H groups in total. The van der Waals surface area contributed by atoms with Crippen LogP contribution in [0.5, 0.6) is 0 Å². The van der Waals surface area contributed by atoms with E-state index in [0.29, 0.717) is 0 Å². The Balaban J connectivity index is 3.85. The molecule has 0 saturated carbocycles. The first-order chi connectivity index (χ1) is 7.91. The molecular weight excluding hydrogens is 218 g/mol. The minimum absolute atomic E-state index is 0.104. The second-order valence-corrected chi connectivity index (χ2v) is 4.90. The Hall–Kier alpha value is -0.870. The SMILES string of the molecule is CCC=C(C)CCCC(C)(C)OCC(=O)NO. The average molecular weight is 243 g/mol. The van der Waals surface area contributed by atoms with Gasteiger partial charge in [-0.3, -0.25) is 10.0 Å². The standard InChI is InChI=1S/C13H25NO3/c1-5-7-11(2)8-6-9-13(3,4)17-10-12(15)14-16/h7,16H,5-6,8-10H2,1-4H3,(H,14,15). The van der Waals surface area contributed by atoms with E-state index in [9.17, 15) is 4.79 Å². The summed E-state index contributed by atoms with van der Waals surface area (Å²) < 4.78 is 5.43. The van der Waals surface area contributed by atoms with E-state index < -0.39 is 5.91 Å². The van der Waals surface area contributed by atoms with Gasteiger partial charge in [-0.05, 0) is 46.5 Å². The lowest BCUT2D eigenvalue weighted by atomic mass is 9.99. The lowest BCUT2D eigenvalue weighted by Crippen LogP contribution is -2.32. The molecule has 0 aromatic heterocycles. The van der Waals surface area contributed by atoms with Crippen LogP contribution >= 0.6 is 0 Å². The van der Waals surface area contributed by atoms with Crippen LogP contribution in [0.1, 0.15) is 53.4 Å². The largest absolute Gasteiger partial charge is 0.366 e. The van der Waals surface area contributed by atoms with E-state index in [0.717, 1.165) is 25.7 Å². The van der Waals surface area contributed by atoms with Crippen LogP contribution in [0.3, 0.4) is 0 Å². The van der Waals surface area contributed by atoms with Crippen molar-refractivity contribution in [3.05, 3.63) is 11.6 Å². The summed E-state index contributed by atoms with van der Waals surface area (Å²) in [6.07, 6.45) is 6.29. The fourth-order valence-electron chi connectivity index (χ4n) is 1.61. The summed E-state index contributed by atoms with van der Waals surface area (Å²) in [6, 6.07) is 0. The van der Waals surface area contributed by atoms with E-state index in [1.54, 1.807) is 5.48 Å². The smallest absolute Gasteiger partial charge is 0.269 e. The predicted molar refractivity (Wildman–Crippen MR) is 67.9 cm³/mol. The second kappa shape index (κ2) is 8.25. The summed E-state index contributed by atoms with van der Waals surface area (Å²) in [4.78, 5) is 10.8. The Bertz CT molecular complexity index is 259. The molecule has 17 heavy (non-hydrogen) atoms. The molecule has 0 aliphatic carbocycles. The minimum Gasteiger partial charge on any atom is -0.366 e. The molecule has 0 radical (unpaired) electrons. The van der Waals surface area contributed by atoms with Crippen molar-refractivity contribution in [3.8, 4) is 0 Å². The molecule has 0 saturated heterocycles. The summed E-state index contributed by atoms with van der Waals surface area (Å²) in [5.41, 5.74) is 2.62. The van der Waals surface area contributed by atoms with E-state index in [2.05, 4.69) is 19.9 Å². The van der Waals surface area contributed by atoms with Crippen molar-refractivity contribution in [2.45, 2.75) is 59.0 Å². The van der Waals surface area contributed by atoms with Crippen LogP contribution in [0.25, 0.3) is 0 Å².